The summed E-state index contributed by atoms with van der Waals surface area (Å²) in [7, 11) is 1.57. The smallest absolute Gasteiger partial charge is 0.237 e. The Hall–Kier alpha value is -3.45. The monoisotopic (exact) mass is 387 g/mol. The minimum absolute atomic E-state index is 0.0131. The maximum Gasteiger partial charge on any atom is 0.237 e. The number of nitrogens with one attached hydrogen (secondary N) is 1. The predicted molar refractivity (Wildman–Crippen MR) is 105 cm³/mol. The fourth-order valence-electron chi connectivity index (χ4n) is 5.08. The number of hydrogen-bond donors (Lipinski definition) is 1. The van der Waals surface area contributed by atoms with Crippen LogP contribution in [0.3, 0.4) is 0 Å². The van der Waals surface area contributed by atoms with Gasteiger partial charge in [-0.05, 0) is 30.4 Å². The van der Waals surface area contributed by atoms with Crippen molar-refractivity contribution in [2.24, 2.45) is 5.41 Å². The highest BCUT2D eigenvalue weighted by atomic mass is 16.5. The molecule has 0 saturated heterocycles. The van der Waals surface area contributed by atoms with Gasteiger partial charge in [0.05, 0.1) is 23.9 Å². The van der Waals surface area contributed by atoms with E-state index in [1.165, 1.54) is 0 Å². The zero-order valence-corrected chi connectivity index (χ0v) is 16.8. The first-order chi connectivity index (χ1) is 13.7. The van der Waals surface area contributed by atoms with E-state index in [4.69, 9.17) is 4.74 Å². The number of methoxy groups -OCH3 is 1. The second kappa shape index (κ2) is 6.02. The molecule has 1 saturated carbocycles. The summed E-state index contributed by atoms with van der Waals surface area (Å²) in [6, 6.07) is 11.1. The first-order valence-electron chi connectivity index (χ1n) is 9.44. The van der Waals surface area contributed by atoms with Gasteiger partial charge in [-0.25, -0.2) is 9.97 Å². The number of fused-ring (bicyclic) bond motifs is 5. The third-order valence-corrected chi connectivity index (χ3v) is 7.20. The van der Waals surface area contributed by atoms with Crippen molar-refractivity contribution in [1.29, 1.82) is 10.5 Å². The van der Waals surface area contributed by atoms with Gasteiger partial charge < -0.3 is 10.1 Å². The first kappa shape index (κ1) is 18.9. The van der Waals surface area contributed by atoms with Crippen molar-refractivity contribution in [3.05, 3.63) is 47.0 Å². The minimum Gasteiger partial charge on any atom is -0.497 e. The van der Waals surface area contributed by atoms with Gasteiger partial charge in [-0.3, -0.25) is 4.79 Å². The Balaban J connectivity index is 1.88. The van der Waals surface area contributed by atoms with Crippen LogP contribution in [-0.4, -0.2) is 23.0 Å². The number of amides is 1. The van der Waals surface area contributed by atoms with Crippen molar-refractivity contribution >= 4 is 11.6 Å². The lowest BCUT2D eigenvalue weighted by atomic mass is 9.63. The van der Waals surface area contributed by atoms with E-state index in [-0.39, 0.29) is 17.3 Å². The van der Waals surface area contributed by atoms with Crippen LogP contribution in [0.1, 0.15) is 56.4 Å². The number of benzene rings is 1. The van der Waals surface area contributed by atoms with Gasteiger partial charge >= 0.3 is 0 Å². The van der Waals surface area contributed by atoms with Crippen LogP contribution in [0.25, 0.3) is 0 Å². The van der Waals surface area contributed by atoms with E-state index < -0.39 is 16.2 Å². The molecule has 2 atom stereocenters. The number of carbonyl (C=O) groups is 1. The Bertz CT molecular complexity index is 1130. The number of anilines is 1. The lowest BCUT2D eigenvalue weighted by Crippen LogP contribution is -2.48. The van der Waals surface area contributed by atoms with E-state index in [1.807, 2.05) is 38.1 Å². The van der Waals surface area contributed by atoms with E-state index in [9.17, 15) is 15.3 Å². The van der Waals surface area contributed by atoms with Crippen molar-refractivity contribution in [1.82, 2.24) is 9.97 Å². The molecule has 1 N–H and O–H groups in total. The normalized spacial score (nSPS) is 25.6. The average Bonchev–Trinajstić information content (AvgIpc) is 3.02. The highest BCUT2D eigenvalue weighted by molar-refractivity contribution is 6.01. The summed E-state index contributed by atoms with van der Waals surface area (Å²) in [5.74, 6) is 0.467. The zero-order chi connectivity index (χ0) is 21.0. The Morgan fingerprint density at radius 1 is 1.10 bits per heavy atom. The number of ether oxygens (including phenoxy) is 1. The summed E-state index contributed by atoms with van der Waals surface area (Å²) in [6.07, 6.45) is 1.36. The van der Waals surface area contributed by atoms with Gasteiger partial charge in [0.1, 0.15) is 17.9 Å². The Morgan fingerprint density at radius 2 is 1.76 bits per heavy atom. The summed E-state index contributed by atoms with van der Waals surface area (Å²) in [5.41, 5.74) is -0.0636. The molecule has 2 aromatic rings. The molecule has 2 aliphatic carbocycles. The number of rotatable bonds is 3. The van der Waals surface area contributed by atoms with Crippen LogP contribution in [0.2, 0.25) is 0 Å². The molecule has 0 spiro atoms. The molecule has 146 valence electrons. The van der Waals surface area contributed by atoms with E-state index in [2.05, 4.69) is 22.2 Å². The molecule has 0 aliphatic heterocycles. The topological polar surface area (TPSA) is 112 Å². The van der Waals surface area contributed by atoms with Gasteiger partial charge in [0, 0.05) is 17.2 Å². The molecular formula is C22H21N5O2. The largest absolute Gasteiger partial charge is 0.497 e. The SMILES string of the molecule is COc1cccc(NC(=O)C23CCC(C)(c4nc(C#N)c(C#N)nc42)C3(C)C)c1. The van der Waals surface area contributed by atoms with Crippen molar-refractivity contribution in [2.75, 3.05) is 12.4 Å². The molecule has 7 heteroatoms. The van der Waals surface area contributed by atoms with Crippen molar-refractivity contribution < 1.29 is 9.53 Å². The van der Waals surface area contributed by atoms with E-state index in [1.54, 1.807) is 19.2 Å². The van der Waals surface area contributed by atoms with Crippen LogP contribution in [0.15, 0.2) is 24.3 Å². The summed E-state index contributed by atoms with van der Waals surface area (Å²) < 4.78 is 5.25. The quantitative estimate of drug-likeness (QED) is 0.865. The van der Waals surface area contributed by atoms with E-state index in [0.717, 1.165) is 6.42 Å². The van der Waals surface area contributed by atoms with Crippen molar-refractivity contribution in [3.63, 3.8) is 0 Å². The van der Waals surface area contributed by atoms with Gasteiger partial charge in [0.15, 0.2) is 11.4 Å². The summed E-state index contributed by atoms with van der Waals surface area (Å²) in [4.78, 5) is 22.7. The van der Waals surface area contributed by atoms with Gasteiger partial charge in [-0.1, -0.05) is 26.8 Å². The van der Waals surface area contributed by atoms with Crippen LogP contribution >= 0.6 is 0 Å². The van der Waals surface area contributed by atoms with E-state index >= 15 is 0 Å². The number of nitrogens with zero attached hydrogens (tertiary/aromatic N) is 4. The Morgan fingerprint density at radius 3 is 2.38 bits per heavy atom. The lowest BCUT2D eigenvalue weighted by molar-refractivity contribution is -0.125. The van der Waals surface area contributed by atoms with Crippen LogP contribution in [0.4, 0.5) is 5.69 Å². The maximum absolute atomic E-state index is 13.7. The molecule has 1 heterocycles. The lowest BCUT2D eigenvalue weighted by Gasteiger charge is -2.39. The second-order valence-corrected chi connectivity index (χ2v) is 8.39. The molecule has 0 radical (unpaired) electrons. The van der Waals surface area contributed by atoms with Crippen molar-refractivity contribution in [3.8, 4) is 17.9 Å². The molecular weight excluding hydrogens is 366 g/mol. The fourth-order valence-corrected chi connectivity index (χ4v) is 5.08. The van der Waals surface area contributed by atoms with Crippen molar-refractivity contribution in [2.45, 2.75) is 44.4 Å². The summed E-state index contributed by atoms with van der Waals surface area (Å²) >= 11 is 0. The molecule has 1 fully saturated rings. The van der Waals surface area contributed by atoms with Crippen LogP contribution < -0.4 is 10.1 Å². The number of carbonyl (C=O) groups excluding carboxylic acids is 1. The fraction of sp³-hybridized carbons (Fsp3) is 0.409. The Labute approximate surface area is 169 Å². The molecule has 2 unspecified atom stereocenters. The third-order valence-electron chi connectivity index (χ3n) is 7.20. The first-order valence-corrected chi connectivity index (χ1v) is 9.44. The predicted octanol–water partition coefficient (Wildman–Crippen LogP) is 3.20. The summed E-state index contributed by atoms with van der Waals surface area (Å²) in [6.45, 7) is 6.17. The number of aromatic nitrogens is 2. The highest BCUT2D eigenvalue weighted by Crippen LogP contribution is 2.70. The Kier molecular flexibility index (Phi) is 3.92. The molecule has 29 heavy (non-hydrogen) atoms. The van der Waals surface area contributed by atoms with Gasteiger partial charge in [-0.15, -0.1) is 0 Å². The molecule has 4 rings (SSSR count). The molecule has 7 nitrogen and oxygen atoms in total. The standard InChI is InChI=1S/C22H21N5O2/c1-20(2)21(3)8-9-22(20,18-17(21)26-15(11-23)16(12-24)27-18)19(28)25-13-6-5-7-14(10-13)29-4/h5-7,10H,8-9H2,1-4H3,(H,25,28). The minimum atomic E-state index is -0.938. The zero-order valence-electron chi connectivity index (χ0n) is 16.8. The van der Waals surface area contributed by atoms with Crippen LogP contribution in [-0.2, 0) is 15.6 Å². The van der Waals surface area contributed by atoms with Gasteiger partial charge in [-0.2, -0.15) is 10.5 Å². The number of nitriles is 2. The van der Waals surface area contributed by atoms with Gasteiger partial charge in [0.25, 0.3) is 0 Å². The molecule has 2 aliphatic rings. The van der Waals surface area contributed by atoms with Gasteiger partial charge in [0.2, 0.25) is 5.91 Å². The average molecular weight is 387 g/mol. The van der Waals surface area contributed by atoms with Crippen LogP contribution in [0.5, 0.6) is 5.75 Å². The maximum atomic E-state index is 13.7. The van der Waals surface area contributed by atoms with E-state index in [0.29, 0.717) is 29.2 Å². The highest BCUT2D eigenvalue weighted by Gasteiger charge is 2.73. The summed E-state index contributed by atoms with van der Waals surface area (Å²) in [5, 5.41) is 21.9. The third kappa shape index (κ3) is 2.19. The second-order valence-electron chi connectivity index (χ2n) is 8.39. The molecule has 2 bridgehead atoms. The molecule has 1 aromatic carbocycles. The molecule has 1 aromatic heterocycles. The van der Waals surface area contributed by atoms with Crippen LogP contribution in [0, 0.1) is 28.1 Å². The number of hydrogen-bond acceptors (Lipinski definition) is 6. The molecule has 1 amide bonds.